The number of hydrogen-bond donors (Lipinski definition) is 1. The van der Waals surface area contributed by atoms with Gasteiger partial charge >= 0.3 is 5.38 Å². The number of hydrogen-bond acceptors (Lipinski definition) is 6. The third kappa shape index (κ3) is 4.24. The van der Waals surface area contributed by atoms with E-state index in [1.807, 2.05) is 0 Å². The maximum Gasteiger partial charge on any atom is 0.364 e. The third-order valence-corrected chi connectivity index (χ3v) is 4.00. The van der Waals surface area contributed by atoms with E-state index in [9.17, 15) is 23.7 Å². The summed E-state index contributed by atoms with van der Waals surface area (Å²) >= 11 is 5.11. The number of alkyl halides is 3. The normalized spacial score (nSPS) is 11.5. The first-order valence-electron chi connectivity index (χ1n) is 8.27. The minimum absolute atomic E-state index is 0.0216. The van der Waals surface area contributed by atoms with E-state index in [2.05, 4.69) is 15.4 Å². The molecule has 0 fully saturated rings. The molecule has 0 atom stereocenters. The van der Waals surface area contributed by atoms with Gasteiger partial charge in [-0.15, -0.1) is 0 Å². The number of nitro benzene ring substituents is 1. The number of aromatic nitrogens is 3. The van der Waals surface area contributed by atoms with Gasteiger partial charge in [-0.1, -0.05) is 0 Å². The Kier molecular flexibility index (Phi) is 5.33. The largest absolute Gasteiger partial charge is 0.494 e. The molecule has 9 nitrogen and oxygen atoms in total. The minimum Gasteiger partial charge on any atom is -0.494 e. The standard InChI is InChI=1S/C17H14ClF2N5O4/c1-3-29-10-4-5-11(13(7-10)25(27)28)22-16(26)12-8-15-21-9(2)6-14(17(18,19)20)24(15)23-12/h4-8H,3H2,1-2H3,(H,22,26). The van der Waals surface area contributed by atoms with E-state index in [0.29, 0.717) is 6.61 Å². The zero-order valence-electron chi connectivity index (χ0n) is 15.1. The lowest BCUT2D eigenvalue weighted by molar-refractivity contribution is -0.384. The molecule has 12 heteroatoms. The lowest BCUT2D eigenvalue weighted by Gasteiger charge is -2.10. The van der Waals surface area contributed by atoms with Gasteiger partial charge in [-0.05, 0) is 43.6 Å². The average molecular weight is 426 g/mol. The number of rotatable bonds is 6. The number of nitrogens with zero attached hydrogens (tertiary/aromatic N) is 4. The fourth-order valence-electron chi connectivity index (χ4n) is 2.62. The van der Waals surface area contributed by atoms with Gasteiger partial charge in [0.05, 0.1) is 17.6 Å². The molecule has 3 rings (SSSR count). The summed E-state index contributed by atoms with van der Waals surface area (Å²) in [5, 5.41) is 13.7. The quantitative estimate of drug-likeness (QED) is 0.364. The Labute approximate surface area is 167 Å². The van der Waals surface area contributed by atoms with Crippen LogP contribution in [0.25, 0.3) is 5.65 Å². The predicted molar refractivity (Wildman–Crippen MR) is 99.7 cm³/mol. The highest BCUT2D eigenvalue weighted by molar-refractivity contribution is 6.21. The van der Waals surface area contributed by atoms with E-state index < -0.39 is 27.6 Å². The van der Waals surface area contributed by atoms with E-state index in [-0.39, 0.29) is 28.5 Å². The molecule has 0 aliphatic heterocycles. The molecule has 0 bridgehead atoms. The monoisotopic (exact) mass is 425 g/mol. The highest BCUT2D eigenvalue weighted by atomic mass is 35.5. The van der Waals surface area contributed by atoms with Gasteiger partial charge in [0, 0.05) is 11.8 Å². The van der Waals surface area contributed by atoms with Crippen LogP contribution in [0.3, 0.4) is 0 Å². The molecule has 0 unspecified atom stereocenters. The van der Waals surface area contributed by atoms with Crippen LogP contribution in [-0.4, -0.2) is 32.0 Å². The van der Waals surface area contributed by atoms with Crippen LogP contribution in [0.1, 0.15) is 28.8 Å². The van der Waals surface area contributed by atoms with E-state index in [1.54, 1.807) is 6.92 Å². The number of amides is 1. The van der Waals surface area contributed by atoms with E-state index in [4.69, 9.17) is 16.3 Å². The smallest absolute Gasteiger partial charge is 0.364 e. The van der Waals surface area contributed by atoms with Gasteiger partial charge in [0.15, 0.2) is 11.3 Å². The number of anilines is 1. The Hall–Kier alpha value is -3.34. The number of carbonyl (C=O) groups excluding carboxylic acids is 1. The van der Waals surface area contributed by atoms with Crippen LogP contribution in [0.4, 0.5) is 20.2 Å². The van der Waals surface area contributed by atoms with Crippen LogP contribution in [0.15, 0.2) is 30.3 Å². The molecule has 29 heavy (non-hydrogen) atoms. The predicted octanol–water partition coefficient (Wildman–Crippen LogP) is 3.89. The molecular weight excluding hydrogens is 412 g/mol. The van der Waals surface area contributed by atoms with E-state index in [0.717, 1.165) is 10.6 Å². The maximum absolute atomic E-state index is 13.7. The van der Waals surface area contributed by atoms with Gasteiger partial charge < -0.3 is 10.1 Å². The number of benzene rings is 1. The van der Waals surface area contributed by atoms with Crippen molar-refractivity contribution in [1.29, 1.82) is 0 Å². The zero-order chi connectivity index (χ0) is 21.3. The molecule has 0 saturated heterocycles. The summed E-state index contributed by atoms with van der Waals surface area (Å²) in [7, 11) is 0. The number of carbonyl (C=O) groups is 1. The first-order valence-corrected chi connectivity index (χ1v) is 8.65. The van der Waals surface area contributed by atoms with E-state index in [1.165, 1.54) is 31.2 Å². The van der Waals surface area contributed by atoms with Gasteiger partial charge in [0.2, 0.25) is 0 Å². The molecule has 0 spiro atoms. The van der Waals surface area contributed by atoms with Gasteiger partial charge in [0.1, 0.15) is 17.1 Å². The third-order valence-electron chi connectivity index (χ3n) is 3.80. The van der Waals surface area contributed by atoms with Crippen molar-refractivity contribution < 1.29 is 23.2 Å². The number of fused-ring (bicyclic) bond motifs is 1. The van der Waals surface area contributed by atoms with Crippen molar-refractivity contribution in [2.24, 2.45) is 0 Å². The van der Waals surface area contributed by atoms with Gasteiger partial charge in [-0.3, -0.25) is 14.9 Å². The molecule has 0 aliphatic rings. The van der Waals surface area contributed by atoms with Crippen molar-refractivity contribution in [1.82, 2.24) is 14.6 Å². The van der Waals surface area contributed by atoms with Crippen LogP contribution < -0.4 is 10.1 Å². The van der Waals surface area contributed by atoms with Crippen molar-refractivity contribution >= 4 is 34.5 Å². The summed E-state index contributed by atoms with van der Waals surface area (Å²) in [5.74, 6) is -0.581. The van der Waals surface area contributed by atoms with Crippen LogP contribution >= 0.6 is 11.6 Å². The number of halogens is 3. The number of ether oxygens (including phenoxy) is 1. The lowest BCUT2D eigenvalue weighted by Crippen LogP contribution is -2.16. The molecular formula is C17H14ClF2N5O4. The summed E-state index contributed by atoms with van der Waals surface area (Å²) in [6, 6.07) is 6.14. The fraction of sp³-hybridized carbons (Fsp3) is 0.235. The van der Waals surface area contributed by atoms with Gasteiger partial charge in [0.25, 0.3) is 11.6 Å². The summed E-state index contributed by atoms with van der Waals surface area (Å²) in [4.78, 5) is 27.2. The van der Waals surface area contributed by atoms with Crippen molar-refractivity contribution in [2.45, 2.75) is 19.2 Å². The first kappa shape index (κ1) is 20.4. The lowest BCUT2D eigenvalue weighted by atomic mass is 10.2. The minimum atomic E-state index is -3.74. The molecule has 1 aromatic carbocycles. The Morgan fingerprint density at radius 3 is 2.72 bits per heavy atom. The topological polar surface area (TPSA) is 112 Å². The molecule has 2 aromatic heterocycles. The highest BCUT2D eigenvalue weighted by Gasteiger charge is 2.33. The van der Waals surface area contributed by atoms with Crippen molar-refractivity contribution in [2.75, 3.05) is 11.9 Å². The first-order chi connectivity index (χ1) is 13.6. The second-order valence-electron chi connectivity index (χ2n) is 5.90. The molecule has 0 radical (unpaired) electrons. The Balaban J connectivity index is 1.98. The van der Waals surface area contributed by atoms with Crippen molar-refractivity contribution in [3.63, 3.8) is 0 Å². The molecule has 152 valence electrons. The van der Waals surface area contributed by atoms with Gasteiger partial charge in [-0.2, -0.15) is 13.9 Å². The zero-order valence-corrected chi connectivity index (χ0v) is 15.9. The SMILES string of the molecule is CCOc1ccc(NC(=O)c2cc3nc(C)cc(C(F)(F)Cl)n3n2)c([N+](=O)[O-])c1. The second kappa shape index (κ2) is 7.59. The maximum atomic E-state index is 13.7. The van der Waals surface area contributed by atoms with Crippen LogP contribution in [0.2, 0.25) is 0 Å². The van der Waals surface area contributed by atoms with Crippen molar-refractivity contribution in [3.05, 3.63) is 57.5 Å². The molecule has 0 saturated carbocycles. The molecule has 1 N–H and O–H groups in total. The summed E-state index contributed by atoms with van der Waals surface area (Å²) in [6.07, 6.45) is 0. The molecule has 1 amide bonds. The molecule has 0 aliphatic carbocycles. The summed E-state index contributed by atoms with van der Waals surface area (Å²) in [6.45, 7) is 3.52. The summed E-state index contributed by atoms with van der Waals surface area (Å²) < 4.78 is 33.3. The van der Waals surface area contributed by atoms with Gasteiger partial charge in [-0.25, -0.2) is 9.50 Å². The Bertz CT molecular complexity index is 1110. The second-order valence-corrected chi connectivity index (χ2v) is 6.38. The highest BCUT2D eigenvalue weighted by Crippen LogP contribution is 2.33. The molecule has 2 heterocycles. The van der Waals surface area contributed by atoms with Crippen LogP contribution in [-0.2, 0) is 5.38 Å². The number of nitro groups is 1. The Morgan fingerprint density at radius 1 is 1.38 bits per heavy atom. The number of nitrogens with one attached hydrogen (secondary N) is 1. The van der Waals surface area contributed by atoms with Crippen LogP contribution in [0, 0.1) is 17.0 Å². The van der Waals surface area contributed by atoms with Crippen molar-refractivity contribution in [3.8, 4) is 5.75 Å². The van der Waals surface area contributed by atoms with E-state index >= 15 is 0 Å². The van der Waals surface area contributed by atoms with Crippen LogP contribution in [0.5, 0.6) is 5.75 Å². The fourth-order valence-corrected chi connectivity index (χ4v) is 2.76. The average Bonchev–Trinajstić information content (AvgIpc) is 3.05. The summed E-state index contributed by atoms with van der Waals surface area (Å²) in [5.41, 5.74) is -1.20. The molecule has 3 aromatic rings. The Morgan fingerprint density at radius 2 is 2.10 bits per heavy atom. The number of aryl methyl sites for hydroxylation is 1.